The van der Waals surface area contributed by atoms with Gasteiger partial charge in [-0.2, -0.15) is 0 Å². The molecule has 2 atom stereocenters. The van der Waals surface area contributed by atoms with Crippen LogP contribution in [0, 0.1) is 5.82 Å². The minimum Gasteiger partial charge on any atom is -0.395 e. The number of anilines is 1. The van der Waals surface area contributed by atoms with Crippen molar-refractivity contribution in [1.29, 1.82) is 0 Å². The maximum Gasteiger partial charge on any atom is 0.586 e. The molecule has 3 aliphatic rings. The van der Waals surface area contributed by atoms with Crippen LogP contribution in [0.3, 0.4) is 0 Å². The largest absolute Gasteiger partial charge is 0.586 e. The van der Waals surface area contributed by atoms with Crippen LogP contribution in [0.4, 0.5) is 18.9 Å². The Hall–Kier alpha value is -3.28. The highest BCUT2D eigenvalue weighted by molar-refractivity contribution is 6.03. The molecule has 0 saturated heterocycles. The van der Waals surface area contributed by atoms with Crippen molar-refractivity contribution in [2.75, 3.05) is 11.9 Å². The second-order valence-corrected chi connectivity index (χ2v) is 10.4. The van der Waals surface area contributed by atoms with Gasteiger partial charge in [-0.1, -0.05) is 6.07 Å². The van der Waals surface area contributed by atoms with E-state index in [1.165, 1.54) is 30.3 Å². The normalized spacial score (nSPS) is 24.4. The van der Waals surface area contributed by atoms with Gasteiger partial charge in [0.25, 0.3) is 0 Å². The summed E-state index contributed by atoms with van der Waals surface area (Å²) in [5.41, 5.74) is -0.153. The number of halogens is 3. The summed E-state index contributed by atoms with van der Waals surface area (Å²) >= 11 is 0. The zero-order valence-corrected chi connectivity index (χ0v) is 20.1. The van der Waals surface area contributed by atoms with Crippen LogP contribution in [0.2, 0.25) is 0 Å². The maximum absolute atomic E-state index is 15.3. The molecule has 37 heavy (non-hydrogen) atoms. The summed E-state index contributed by atoms with van der Waals surface area (Å²) in [6, 6.07) is 8.87. The first kappa shape index (κ1) is 24.1. The van der Waals surface area contributed by atoms with Crippen LogP contribution >= 0.6 is 0 Å². The zero-order chi connectivity index (χ0) is 26.3. The van der Waals surface area contributed by atoms with Gasteiger partial charge in [-0.25, -0.2) is 4.39 Å². The number of benzene rings is 2. The number of alkyl halides is 2. The number of carbonyl (C=O) groups excluding carboxylic acids is 1. The third kappa shape index (κ3) is 3.75. The first-order valence-corrected chi connectivity index (χ1v) is 11.9. The van der Waals surface area contributed by atoms with E-state index in [2.05, 4.69) is 14.8 Å². The van der Waals surface area contributed by atoms with Gasteiger partial charge in [0.15, 0.2) is 17.8 Å². The maximum atomic E-state index is 15.3. The van der Waals surface area contributed by atoms with E-state index in [0.29, 0.717) is 35.0 Å². The van der Waals surface area contributed by atoms with E-state index in [1.807, 2.05) is 10.6 Å². The van der Waals surface area contributed by atoms with Crippen molar-refractivity contribution in [3.63, 3.8) is 0 Å². The summed E-state index contributed by atoms with van der Waals surface area (Å²) < 4.78 is 58.4. The molecule has 3 N–H and O–H groups in total. The van der Waals surface area contributed by atoms with E-state index in [-0.39, 0.29) is 30.3 Å². The molecule has 2 aliphatic heterocycles. The molecule has 0 radical (unpaired) electrons. The third-order valence-corrected chi connectivity index (χ3v) is 7.57. The van der Waals surface area contributed by atoms with Gasteiger partial charge in [0.1, 0.15) is 11.9 Å². The van der Waals surface area contributed by atoms with Crippen molar-refractivity contribution in [2.24, 2.45) is 0 Å². The highest BCUT2D eigenvalue weighted by atomic mass is 19.3. The van der Waals surface area contributed by atoms with E-state index >= 15 is 4.39 Å². The van der Waals surface area contributed by atoms with Gasteiger partial charge in [-0.3, -0.25) is 4.79 Å². The monoisotopic (exact) mass is 518 g/mol. The Labute approximate surface area is 209 Å². The van der Waals surface area contributed by atoms with Crippen molar-refractivity contribution in [3.8, 4) is 11.5 Å². The second-order valence-electron chi connectivity index (χ2n) is 10.4. The van der Waals surface area contributed by atoms with Gasteiger partial charge in [0, 0.05) is 17.1 Å². The second kappa shape index (κ2) is 7.86. The third-order valence-electron chi connectivity index (χ3n) is 7.57. The number of hydrogen-bond acceptors (Lipinski definition) is 6. The summed E-state index contributed by atoms with van der Waals surface area (Å²) in [7, 11) is 0. The van der Waals surface area contributed by atoms with E-state index in [1.54, 1.807) is 13.8 Å². The van der Waals surface area contributed by atoms with Crippen molar-refractivity contribution in [2.45, 2.75) is 62.8 Å². The lowest BCUT2D eigenvalue weighted by atomic mass is 9.88. The number of nitrogens with one attached hydrogen (secondary N) is 1. The summed E-state index contributed by atoms with van der Waals surface area (Å²) in [4.78, 5) is 13.3. The van der Waals surface area contributed by atoms with E-state index < -0.39 is 41.2 Å². The van der Waals surface area contributed by atoms with Gasteiger partial charge in [-0.05, 0) is 56.5 Å². The molecule has 1 amide bonds. The Bertz CT molecular complexity index is 1430. The SMILES string of the molecule is CC1(C)c2cc3cc(NC(=O)C4(c5ccc6c(c5)OC(F)(F)O6)CC4)c(F)cc3n2C[C@H](CO)OC1O. The van der Waals surface area contributed by atoms with Crippen molar-refractivity contribution in [1.82, 2.24) is 4.57 Å². The van der Waals surface area contributed by atoms with Gasteiger partial charge in [0.2, 0.25) is 5.91 Å². The number of ether oxygens (including phenoxy) is 3. The first-order valence-electron chi connectivity index (χ1n) is 11.9. The minimum atomic E-state index is -3.76. The molecular formula is C26H25F3N2O6. The molecule has 2 aromatic carbocycles. The fourth-order valence-electron chi connectivity index (χ4n) is 5.20. The van der Waals surface area contributed by atoms with Gasteiger partial charge in [0.05, 0.1) is 35.2 Å². The molecule has 11 heteroatoms. The van der Waals surface area contributed by atoms with E-state index in [9.17, 15) is 23.8 Å². The van der Waals surface area contributed by atoms with Gasteiger partial charge >= 0.3 is 6.29 Å². The smallest absolute Gasteiger partial charge is 0.395 e. The van der Waals surface area contributed by atoms with Crippen LogP contribution in [-0.2, 0) is 26.9 Å². The highest BCUT2D eigenvalue weighted by Crippen LogP contribution is 2.52. The molecule has 8 nitrogen and oxygen atoms in total. The Balaban J connectivity index is 1.32. The average molecular weight is 518 g/mol. The number of aromatic nitrogens is 1. The fourth-order valence-corrected chi connectivity index (χ4v) is 5.20. The van der Waals surface area contributed by atoms with Crippen LogP contribution in [0.25, 0.3) is 10.9 Å². The predicted molar refractivity (Wildman–Crippen MR) is 125 cm³/mol. The molecular weight excluding hydrogens is 493 g/mol. The first-order chi connectivity index (χ1) is 17.4. The number of amides is 1. The number of rotatable bonds is 4. The fraction of sp³-hybridized carbons (Fsp3) is 0.423. The number of carbonyl (C=O) groups is 1. The van der Waals surface area contributed by atoms with Crippen LogP contribution in [0.1, 0.15) is 37.9 Å². The van der Waals surface area contributed by atoms with Gasteiger partial charge < -0.3 is 34.3 Å². The predicted octanol–water partition coefficient (Wildman–Crippen LogP) is 3.76. The molecule has 0 spiro atoms. The Morgan fingerprint density at radius 1 is 1.14 bits per heavy atom. The van der Waals surface area contributed by atoms with Crippen LogP contribution < -0.4 is 14.8 Å². The number of aliphatic hydroxyl groups excluding tert-OH is 2. The zero-order valence-electron chi connectivity index (χ0n) is 20.1. The van der Waals surface area contributed by atoms with Crippen molar-refractivity contribution < 1.29 is 42.4 Å². The number of nitrogens with zero attached hydrogens (tertiary/aromatic N) is 1. The Kier molecular flexibility index (Phi) is 5.11. The molecule has 0 bridgehead atoms. The van der Waals surface area contributed by atoms with E-state index in [0.717, 1.165) is 0 Å². The minimum absolute atomic E-state index is 0.0230. The molecule has 6 rings (SSSR count). The van der Waals surface area contributed by atoms with Crippen molar-refractivity contribution in [3.05, 3.63) is 53.5 Å². The highest BCUT2D eigenvalue weighted by Gasteiger charge is 2.53. The van der Waals surface area contributed by atoms with Gasteiger partial charge in [-0.15, -0.1) is 8.78 Å². The lowest BCUT2D eigenvalue weighted by molar-refractivity contribution is -0.286. The lowest BCUT2D eigenvalue weighted by Crippen LogP contribution is -2.37. The topological polar surface area (TPSA) is 102 Å². The number of aliphatic hydroxyl groups is 2. The molecule has 1 unspecified atom stereocenters. The lowest BCUT2D eigenvalue weighted by Gasteiger charge is -2.29. The molecule has 1 fully saturated rings. The molecule has 3 heterocycles. The Morgan fingerprint density at radius 3 is 2.57 bits per heavy atom. The van der Waals surface area contributed by atoms with Crippen LogP contribution in [0.5, 0.6) is 11.5 Å². The molecule has 196 valence electrons. The quantitative estimate of drug-likeness (QED) is 0.486. The van der Waals surface area contributed by atoms with Crippen LogP contribution in [-0.4, -0.2) is 46.0 Å². The number of hydrogen-bond donors (Lipinski definition) is 3. The average Bonchev–Trinajstić information content (AvgIpc) is 3.50. The van der Waals surface area contributed by atoms with E-state index in [4.69, 9.17) is 4.74 Å². The van der Waals surface area contributed by atoms with Crippen LogP contribution in [0.15, 0.2) is 36.4 Å². The summed E-state index contributed by atoms with van der Waals surface area (Å²) in [6.07, 6.45) is -4.69. The summed E-state index contributed by atoms with van der Waals surface area (Å²) in [5.74, 6) is -1.38. The standard InChI is InChI=1S/C26H25F3N2O6/c1-24(2)21-8-13-7-17(16(27)10-18(13)31(21)11-15(12-32)35-23(24)34)30-22(33)25(5-6-25)14-3-4-19-20(9-14)37-26(28,29)36-19/h3-4,7-10,15,23,32,34H,5-6,11-12H2,1-2H3,(H,30,33)/t15-,23?/m1/s1. The van der Waals surface area contributed by atoms with Crippen molar-refractivity contribution >= 4 is 22.5 Å². The summed E-state index contributed by atoms with van der Waals surface area (Å²) in [5, 5.41) is 23.6. The molecule has 1 aromatic heterocycles. The summed E-state index contributed by atoms with van der Waals surface area (Å²) in [6.45, 7) is 3.48. The molecule has 3 aromatic rings. The number of fused-ring (bicyclic) bond motifs is 4. The molecule has 1 aliphatic carbocycles. The molecule has 1 saturated carbocycles. The Morgan fingerprint density at radius 2 is 1.86 bits per heavy atom.